The molecule has 3 atom stereocenters. The lowest BCUT2D eigenvalue weighted by Crippen LogP contribution is -2.37. The first-order valence-electron chi connectivity index (χ1n) is 11.7. The van der Waals surface area contributed by atoms with Crippen LogP contribution in [0, 0.1) is 5.92 Å². The lowest BCUT2D eigenvalue weighted by molar-refractivity contribution is -0.132. The molecule has 0 spiro atoms. The number of nitrogens with zero attached hydrogens (tertiary/aromatic N) is 4. The van der Waals surface area contributed by atoms with Crippen LogP contribution in [-0.2, 0) is 17.8 Å². The standard InChI is InChI=1S/C26H26ClN5O/c27-22-5-1-17(2-6-22)3-10-26(33)32-23-7-9-25(32)20(12-23)16-31-24-8-4-18(11-19(24)15-30-31)21-13-28-29-14-21/h1-2,4-6,8,11,13-15,20,23,25H,3,7,9-10,12,16H2,(H,28,29). The van der Waals surface area contributed by atoms with Gasteiger partial charge >= 0.3 is 0 Å². The van der Waals surface area contributed by atoms with Crippen LogP contribution in [0.4, 0.5) is 0 Å². The van der Waals surface area contributed by atoms with Gasteiger partial charge < -0.3 is 4.90 Å². The van der Waals surface area contributed by atoms with Gasteiger partial charge in [0.15, 0.2) is 0 Å². The number of halogens is 1. The van der Waals surface area contributed by atoms with Crippen LogP contribution in [0.5, 0.6) is 0 Å². The summed E-state index contributed by atoms with van der Waals surface area (Å²) in [7, 11) is 0. The normalized spacial score (nSPS) is 21.8. The Kier molecular flexibility index (Phi) is 5.18. The molecule has 4 heterocycles. The molecule has 3 unspecified atom stereocenters. The van der Waals surface area contributed by atoms with Gasteiger partial charge in [0, 0.05) is 53.1 Å². The second kappa shape index (κ2) is 8.34. The Morgan fingerprint density at radius 2 is 1.97 bits per heavy atom. The maximum atomic E-state index is 13.1. The van der Waals surface area contributed by atoms with Crippen molar-refractivity contribution < 1.29 is 4.79 Å². The van der Waals surface area contributed by atoms with Gasteiger partial charge in [0.25, 0.3) is 0 Å². The highest BCUT2D eigenvalue weighted by molar-refractivity contribution is 6.30. The van der Waals surface area contributed by atoms with Gasteiger partial charge in [-0.25, -0.2) is 0 Å². The van der Waals surface area contributed by atoms with Gasteiger partial charge in [-0.05, 0) is 61.1 Å². The number of carbonyl (C=O) groups excluding carboxylic acids is 1. The van der Waals surface area contributed by atoms with Crippen molar-refractivity contribution in [2.45, 2.75) is 50.7 Å². The minimum absolute atomic E-state index is 0.287. The van der Waals surface area contributed by atoms with Gasteiger partial charge in [-0.2, -0.15) is 10.2 Å². The maximum Gasteiger partial charge on any atom is 0.223 e. The number of fused-ring (bicyclic) bond motifs is 3. The molecule has 2 aliphatic rings. The molecule has 2 aromatic carbocycles. The smallest absolute Gasteiger partial charge is 0.223 e. The summed E-state index contributed by atoms with van der Waals surface area (Å²) in [6, 6.07) is 15.0. The van der Waals surface area contributed by atoms with Gasteiger partial charge in [0.1, 0.15) is 0 Å². The van der Waals surface area contributed by atoms with Crippen molar-refractivity contribution in [2.75, 3.05) is 0 Å². The summed E-state index contributed by atoms with van der Waals surface area (Å²) in [5.41, 5.74) is 4.51. The number of aromatic amines is 1. The van der Waals surface area contributed by atoms with Crippen LogP contribution in [0.1, 0.15) is 31.2 Å². The maximum absolute atomic E-state index is 13.1. The summed E-state index contributed by atoms with van der Waals surface area (Å²) in [6.45, 7) is 0.858. The molecule has 2 saturated heterocycles. The van der Waals surface area contributed by atoms with Gasteiger partial charge in [-0.1, -0.05) is 29.8 Å². The topological polar surface area (TPSA) is 66.8 Å². The largest absolute Gasteiger partial charge is 0.336 e. The number of hydrogen-bond donors (Lipinski definition) is 1. The Morgan fingerprint density at radius 1 is 1.09 bits per heavy atom. The predicted molar refractivity (Wildman–Crippen MR) is 129 cm³/mol. The Balaban J connectivity index is 1.14. The van der Waals surface area contributed by atoms with E-state index in [2.05, 4.69) is 38.0 Å². The number of benzene rings is 2. The van der Waals surface area contributed by atoms with E-state index >= 15 is 0 Å². The molecule has 4 aromatic rings. The zero-order valence-corrected chi connectivity index (χ0v) is 19.1. The van der Waals surface area contributed by atoms with Gasteiger partial charge in [-0.15, -0.1) is 0 Å². The highest BCUT2D eigenvalue weighted by atomic mass is 35.5. The third-order valence-electron chi connectivity index (χ3n) is 7.37. The van der Waals surface area contributed by atoms with Crippen LogP contribution < -0.4 is 0 Å². The summed E-state index contributed by atoms with van der Waals surface area (Å²) in [4.78, 5) is 15.3. The lowest BCUT2D eigenvalue weighted by atomic mass is 9.89. The molecule has 2 aliphatic heterocycles. The van der Waals surface area contributed by atoms with Gasteiger partial charge in [0.2, 0.25) is 5.91 Å². The minimum atomic E-state index is 0.287. The van der Waals surface area contributed by atoms with Crippen molar-refractivity contribution in [1.29, 1.82) is 0 Å². The number of amides is 1. The molecule has 6 rings (SSSR count). The van der Waals surface area contributed by atoms with E-state index in [4.69, 9.17) is 16.7 Å². The van der Waals surface area contributed by atoms with Crippen LogP contribution in [0.15, 0.2) is 61.1 Å². The highest BCUT2D eigenvalue weighted by Crippen LogP contribution is 2.43. The first-order valence-corrected chi connectivity index (χ1v) is 12.0. The second-order valence-electron chi connectivity index (χ2n) is 9.31. The number of aryl methyl sites for hydroxylation is 1. The Hall–Kier alpha value is -3.12. The van der Waals surface area contributed by atoms with Crippen LogP contribution in [0.2, 0.25) is 5.02 Å². The van der Waals surface area contributed by atoms with E-state index in [1.165, 1.54) is 0 Å². The van der Waals surface area contributed by atoms with Crippen molar-refractivity contribution in [3.8, 4) is 11.1 Å². The van der Waals surface area contributed by atoms with Crippen molar-refractivity contribution in [3.05, 3.63) is 71.6 Å². The lowest BCUT2D eigenvalue weighted by Gasteiger charge is -2.25. The SMILES string of the molecule is O=C(CCc1ccc(Cl)cc1)N1C2CCC1C(Cn1ncc3cc(-c4cn[nH]c4)ccc31)C2. The first-order chi connectivity index (χ1) is 16.2. The highest BCUT2D eigenvalue weighted by Gasteiger charge is 2.48. The number of hydrogen-bond acceptors (Lipinski definition) is 3. The van der Waals surface area contributed by atoms with Crippen LogP contribution in [0.25, 0.3) is 22.0 Å². The fraction of sp³-hybridized carbons (Fsp3) is 0.346. The summed E-state index contributed by atoms with van der Waals surface area (Å²) in [5, 5.41) is 13.5. The van der Waals surface area contributed by atoms with Crippen LogP contribution >= 0.6 is 11.6 Å². The number of rotatable bonds is 6. The summed E-state index contributed by atoms with van der Waals surface area (Å²) in [6.07, 6.45) is 10.3. The van der Waals surface area contributed by atoms with Crippen molar-refractivity contribution in [3.63, 3.8) is 0 Å². The van der Waals surface area contributed by atoms with Gasteiger partial charge in [0.05, 0.1) is 17.9 Å². The molecular formula is C26H26ClN5O. The Bertz CT molecular complexity index is 1280. The van der Waals surface area contributed by atoms with Crippen molar-refractivity contribution >= 4 is 28.4 Å². The average Bonchev–Trinajstić information content (AvgIpc) is 3.62. The molecule has 2 aromatic heterocycles. The minimum Gasteiger partial charge on any atom is -0.336 e. The van der Waals surface area contributed by atoms with Crippen molar-refractivity contribution in [1.82, 2.24) is 24.9 Å². The van der Waals surface area contributed by atoms with Gasteiger partial charge in [-0.3, -0.25) is 14.6 Å². The number of carbonyl (C=O) groups is 1. The third-order valence-corrected chi connectivity index (χ3v) is 7.63. The fourth-order valence-electron chi connectivity index (χ4n) is 5.77. The number of aromatic nitrogens is 4. The van der Waals surface area contributed by atoms with E-state index in [0.717, 1.165) is 64.8 Å². The fourth-order valence-corrected chi connectivity index (χ4v) is 5.90. The Morgan fingerprint density at radius 3 is 2.79 bits per heavy atom. The number of nitrogens with one attached hydrogen (secondary N) is 1. The van der Waals surface area contributed by atoms with Crippen molar-refractivity contribution in [2.24, 2.45) is 5.92 Å². The van der Waals surface area contributed by atoms with E-state index < -0.39 is 0 Å². The quantitative estimate of drug-likeness (QED) is 0.436. The van der Waals surface area contributed by atoms with E-state index in [1.54, 1.807) is 0 Å². The summed E-state index contributed by atoms with van der Waals surface area (Å²) >= 11 is 5.98. The predicted octanol–water partition coefficient (Wildman–Crippen LogP) is 5.09. The van der Waals surface area contributed by atoms with E-state index in [0.29, 0.717) is 24.4 Å². The molecule has 0 radical (unpaired) electrons. The molecule has 0 saturated carbocycles. The monoisotopic (exact) mass is 459 g/mol. The first kappa shape index (κ1) is 20.5. The molecule has 7 heteroatoms. The molecule has 1 N–H and O–H groups in total. The average molecular weight is 460 g/mol. The molecule has 2 bridgehead atoms. The second-order valence-corrected chi connectivity index (χ2v) is 9.75. The molecule has 2 fully saturated rings. The van der Waals surface area contributed by atoms with E-state index in [-0.39, 0.29) is 5.91 Å². The zero-order chi connectivity index (χ0) is 22.4. The van der Waals surface area contributed by atoms with Crippen LogP contribution in [0.3, 0.4) is 0 Å². The molecule has 33 heavy (non-hydrogen) atoms. The Labute approximate surface area is 197 Å². The molecule has 0 aliphatic carbocycles. The zero-order valence-electron chi connectivity index (χ0n) is 18.3. The molecule has 168 valence electrons. The molecule has 1 amide bonds. The number of H-pyrrole nitrogens is 1. The third kappa shape index (κ3) is 3.82. The van der Waals surface area contributed by atoms with E-state index in [9.17, 15) is 4.79 Å². The molecular weight excluding hydrogens is 434 g/mol. The van der Waals surface area contributed by atoms with E-state index in [1.807, 2.05) is 42.9 Å². The summed E-state index contributed by atoms with van der Waals surface area (Å²) < 4.78 is 2.12. The summed E-state index contributed by atoms with van der Waals surface area (Å²) in [5.74, 6) is 0.745. The molecule has 6 nitrogen and oxygen atoms in total. The van der Waals surface area contributed by atoms with Crippen LogP contribution in [-0.4, -0.2) is 42.9 Å².